The Kier molecular flexibility index (Phi) is 3.84. The molecule has 2 aromatic carbocycles. The zero-order valence-electron chi connectivity index (χ0n) is 14.5. The molecular weight excluding hydrogens is 446 g/mol. The summed E-state index contributed by atoms with van der Waals surface area (Å²) in [7, 11) is 0. The Morgan fingerprint density at radius 1 is 0.462 bits per heavy atom. The van der Waals surface area contributed by atoms with Crippen molar-refractivity contribution >= 4 is 38.8 Å². The van der Waals surface area contributed by atoms with Gasteiger partial charge in [0.2, 0.25) is 0 Å². The van der Waals surface area contributed by atoms with E-state index in [9.17, 15) is 0 Å². The Morgan fingerprint density at radius 3 is 1.15 bits per heavy atom. The normalized spacial score (nSPS) is 41.1. The van der Waals surface area contributed by atoms with Gasteiger partial charge in [-0.05, 0) is 0 Å². The minimum absolute atomic E-state index is 0.597. The molecule has 0 aromatic heterocycles. The van der Waals surface area contributed by atoms with E-state index < -0.39 is 0 Å². The fraction of sp³-hybridized carbons (Fsp3) is 0.333. The van der Waals surface area contributed by atoms with Gasteiger partial charge in [0.05, 0.1) is 0 Å². The number of benzene rings is 2. The Balaban J connectivity index is 1.29. The van der Waals surface area contributed by atoms with Crippen LogP contribution in [-0.4, -0.2) is 29.9 Å². The Hall–Kier alpha value is -1.04. The molecule has 0 bridgehead atoms. The number of rotatable bonds is 4. The van der Waals surface area contributed by atoms with Gasteiger partial charge in [-0.2, -0.15) is 0 Å². The molecule has 2 heteroatoms. The summed E-state index contributed by atoms with van der Waals surface area (Å²) in [6, 6.07) is 22.6. The fourth-order valence-electron chi connectivity index (χ4n) is 6.02. The summed E-state index contributed by atoms with van der Waals surface area (Å²) in [5, 5.41) is 0. The van der Waals surface area contributed by atoms with Crippen LogP contribution in [0.15, 0.2) is 85.0 Å². The van der Waals surface area contributed by atoms with Crippen LogP contribution in [0, 0.1) is 35.5 Å². The summed E-state index contributed by atoms with van der Waals surface area (Å²) in [6.07, 6.45) is 10.6. The van der Waals surface area contributed by atoms with Crippen LogP contribution in [0.2, 0.25) is 9.63 Å². The van der Waals surface area contributed by atoms with Crippen molar-refractivity contribution in [3.05, 3.63) is 85.0 Å². The van der Waals surface area contributed by atoms with Crippen molar-refractivity contribution in [3.63, 3.8) is 0 Å². The second kappa shape index (κ2) is 6.25. The van der Waals surface area contributed by atoms with Crippen LogP contribution in [-0.2, 0) is 0 Å². The SMILES string of the molecule is C1=C[C@H]2C([Se]c3ccccc3)[C@H]3C=C[C@H]4C([Se]c5ccccc5)[C@@H]1C2C34. The Labute approximate surface area is 168 Å². The minimum atomic E-state index is 0.597. The third kappa shape index (κ3) is 2.33. The predicted molar refractivity (Wildman–Crippen MR) is 110 cm³/mol. The van der Waals surface area contributed by atoms with Crippen molar-refractivity contribution in [2.24, 2.45) is 35.5 Å². The van der Waals surface area contributed by atoms with Crippen LogP contribution in [0.5, 0.6) is 0 Å². The summed E-state index contributed by atoms with van der Waals surface area (Å²) < 4.78 is 3.17. The zero-order chi connectivity index (χ0) is 17.1. The van der Waals surface area contributed by atoms with Crippen molar-refractivity contribution in [2.75, 3.05) is 0 Å². The summed E-state index contributed by atoms with van der Waals surface area (Å²) in [4.78, 5) is 1.76. The molecule has 0 nitrogen and oxygen atoms in total. The van der Waals surface area contributed by atoms with Crippen LogP contribution in [0.3, 0.4) is 0 Å². The molecule has 0 radical (unpaired) electrons. The van der Waals surface area contributed by atoms with Crippen molar-refractivity contribution in [3.8, 4) is 0 Å². The van der Waals surface area contributed by atoms with Gasteiger partial charge >= 0.3 is 169 Å². The number of hydrogen-bond donors (Lipinski definition) is 0. The molecule has 0 saturated heterocycles. The van der Waals surface area contributed by atoms with E-state index in [2.05, 4.69) is 85.0 Å². The molecule has 130 valence electrons. The first-order valence-corrected chi connectivity index (χ1v) is 13.4. The zero-order valence-corrected chi connectivity index (χ0v) is 17.9. The Morgan fingerprint density at radius 2 is 0.808 bits per heavy atom. The van der Waals surface area contributed by atoms with E-state index in [0.29, 0.717) is 29.9 Å². The van der Waals surface area contributed by atoms with Crippen LogP contribution in [0.4, 0.5) is 0 Å². The van der Waals surface area contributed by atoms with Gasteiger partial charge in [-0.15, -0.1) is 0 Å². The molecule has 2 saturated carbocycles. The van der Waals surface area contributed by atoms with Crippen molar-refractivity contribution in [1.82, 2.24) is 0 Å². The van der Waals surface area contributed by atoms with Crippen LogP contribution >= 0.6 is 0 Å². The van der Waals surface area contributed by atoms with Crippen molar-refractivity contribution < 1.29 is 0 Å². The average molecular weight is 468 g/mol. The van der Waals surface area contributed by atoms with Gasteiger partial charge in [0, 0.05) is 0 Å². The van der Waals surface area contributed by atoms with E-state index in [0.717, 1.165) is 45.1 Å². The number of allylic oxidation sites excluding steroid dienone is 4. The van der Waals surface area contributed by atoms with E-state index in [1.165, 1.54) is 0 Å². The molecule has 2 fully saturated rings. The average Bonchev–Trinajstić information content (AvgIpc) is 3.40. The molecule has 0 amide bonds. The molecule has 4 aliphatic carbocycles. The molecule has 4 aliphatic rings. The Bertz CT molecular complexity index is 755. The van der Waals surface area contributed by atoms with E-state index in [-0.39, 0.29) is 0 Å². The summed E-state index contributed by atoms with van der Waals surface area (Å²) in [5.41, 5.74) is 0. The first-order valence-electron chi connectivity index (χ1n) is 9.70. The second-order valence-electron chi connectivity index (χ2n) is 8.02. The molecule has 0 aliphatic heterocycles. The molecule has 26 heavy (non-hydrogen) atoms. The van der Waals surface area contributed by atoms with E-state index in [4.69, 9.17) is 0 Å². The molecule has 8 atom stereocenters. The first kappa shape index (κ1) is 16.0. The topological polar surface area (TPSA) is 0 Å². The van der Waals surface area contributed by atoms with Crippen LogP contribution in [0.1, 0.15) is 0 Å². The molecule has 0 N–H and O–H groups in total. The van der Waals surface area contributed by atoms with E-state index in [1.54, 1.807) is 8.92 Å². The van der Waals surface area contributed by atoms with Crippen molar-refractivity contribution in [2.45, 2.75) is 9.63 Å². The molecule has 6 rings (SSSR count). The third-order valence-corrected chi connectivity index (χ3v) is 12.9. The second-order valence-corrected chi connectivity index (χ2v) is 13.3. The van der Waals surface area contributed by atoms with E-state index in [1.807, 2.05) is 0 Å². The van der Waals surface area contributed by atoms with Gasteiger partial charge in [0.1, 0.15) is 0 Å². The molecular formula is C24H22Se2. The van der Waals surface area contributed by atoms with Crippen LogP contribution in [0.25, 0.3) is 0 Å². The maximum atomic E-state index is 2.64. The standard InChI is InChI=1S/C24H22Se2/c1-3-7-15(8-4-1)25-23-17-11-13-19-21(17)22-18(23)12-14-20(22)24(19)26-16-9-5-2-6-10-16/h1-14,17-24H/t17-,18+,19+,20-,21?,22?,23?,24?. The summed E-state index contributed by atoms with van der Waals surface area (Å²) >= 11 is 1.19. The van der Waals surface area contributed by atoms with E-state index >= 15 is 0 Å². The molecule has 0 spiro atoms. The third-order valence-electron chi connectivity index (χ3n) is 6.88. The van der Waals surface area contributed by atoms with Crippen molar-refractivity contribution in [1.29, 1.82) is 0 Å². The summed E-state index contributed by atoms with van der Waals surface area (Å²) in [6.45, 7) is 0. The first-order chi connectivity index (χ1) is 12.9. The van der Waals surface area contributed by atoms with Crippen LogP contribution < -0.4 is 8.92 Å². The number of hydrogen-bond acceptors (Lipinski definition) is 0. The molecule has 0 heterocycles. The monoisotopic (exact) mass is 470 g/mol. The predicted octanol–water partition coefficient (Wildman–Crippen LogP) is 3.49. The van der Waals surface area contributed by atoms with Gasteiger partial charge in [-0.1, -0.05) is 0 Å². The van der Waals surface area contributed by atoms with Gasteiger partial charge in [0.15, 0.2) is 0 Å². The molecule has 4 unspecified atom stereocenters. The van der Waals surface area contributed by atoms with Gasteiger partial charge in [0.25, 0.3) is 0 Å². The molecule has 2 aromatic rings. The van der Waals surface area contributed by atoms with Gasteiger partial charge in [-0.25, -0.2) is 0 Å². The van der Waals surface area contributed by atoms with Gasteiger partial charge < -0.3 is 0 Å². The van der Waals surface area contributed by atoms with Gasteiger partial charge in [-0.3, -0.25) is 0 Å². The fourth-order valence-corrected chi connectivity index (χ4v) is 12.3. The quantitative estimate of drug-likeness (QED) is 0.476. The maximum absolute atomic E-state index is 2.64. The summed E-state index contributed by atoms with van der Waals surface area (Å²) in [5.74, 6) is 5.26.